The lowest BCUT2D eigenvalue weighted by Crippen LogP contribution is -2.21. The fraction of sp³-hybridized carbons (Fsp3) is 0. The summed E-state index contributed by atoms with van der Waals surface area (Å²) in [5, 5.41) is 25.9. The molecule has 0 amide bonds. The van der Waals surface area contributed by atoms with Gasteiger partial charge in [0.15, 0.2) is 0 Å². The minimum absolute atomic E-state index is 0.0274. The zero-order valence-electron chi connectivity index (χ0n) is 5.65. The van der Waals surface area contributed by atoms with Crippen LogP contribution < -0.4 is 16.6 Å². The first-order valence-corrected chi connectivity index (χ1v) is 2.61. The SMILES string of the molecule is NN=Nc1no[n+]([O-])c1N=NN. The van der Waals surface area contributed by atoms with E-state index in [4.69, 9.17) is 5.84 Å². The van der Waals surface area contributed by atoms with E-state index in [9.17, 15) is 5.21 Å². The first-order valence-electron chi connectivity index (χ1n) is 2.61. The van der Waals surface area contributed by atoms with Crippen LogP contribution in [0.1, 0.15) is 0 Å². The van der Waals surface area contributed by atoms with E-state index in [0.29, 0.717) is 0 Å². The van der Waals surface area contributed by atoms with Crippen molar-refractivity contribution in [3.63, 3.8) is 0 Å². The van der Waals surface area contributed by atoms with Crippen LogP contribution in [-0.2, 0) is 0 Å². The third-order valence-corrected chi connectivity index (χ3v) is 0.879. The third kappa shape index (κ3) is 1.25. The molecule has 0 spiro atoms. The van der Waals surface area contributed by atoms with Crippen LogP contribution in [0.15, 0.2) is 25.3 Å². The molecule has 0 aliphatic heterocycles. The van der Waals surface area contributed by atoms with Gasteiger partial charge >= 0.3 is 11.6 Å². The normalized spacial score (nSPS) is 11.7. The van der Waals surface area contributed by atoms with Crippen molar-refractivity contribution in [3.8, 4) is 0 Å². The summed E-state index contributed by atoms with van der Waals surface area (Å²) in [6, 6.07) is 0. The first kappa shape index (κ1) is 7.84. The van der Waals surface area contributed by atoms with Gasteiger partial charge in [0.2, 0.25) is 0 Å². The number of hydrogen-bond donors (Lipinski definition) is 2. The molecule has 10 heteroatoms. The number of hydrogen-bond acceptors (Lipinski definition) is 7. The number of rotatable bonds is 2. The van der Waals surface area contributed by atoms with Crippen molar-refractivity contribution in [3.05, 3.63) is 5.21 Å². The Kier molecular flexibility index (Phi) is 2.11. The van der Waals surface area contributed by atoms with Gasteiger partial charge in [-0.15, -0.1) is 0 Å². The average Bonchev–Trinajstić information content (AvgIpc) is 2.37. The highest BCUT2D eigenvalue weighted by Gasteiger charge is 2.18. The van der Waals surface area contributed by atoms with Crippen LogP contribution in [-0.4, -0.2) is 5.16 Å². The molecule has 0 fully saturated rings. The fourth-order valence-corrected chi connectivity index (χ4v) is 0.490. The van der Waals surface area contributed by atoms with Crippen molar-refractivity contribution < 1.29 is 9.53 Å². The molecule has 0 radical (unpaired) electrons. The standard InChI is InChI=1S/C2H4N8O2/c3-8-5-1-2(6-9-4)10(11)12-7-1/h(H2,4,6)(H2,3,5,7). The molecule has 0 aliphatic carbocycles. The highest BCUT2D eigenvalue weighted by molar-refractivity contribution is 5.43. The molecule has 0 bridgehead atoms. The molecular weight excluding hydrogens is 168 g/mol. The summed E-state index contributed by atoms with van der Waals surface area (Å²) in [5.74, 6) is 8.88. The Labute approximate surface area is 65.0 Å². The summed E-state index contributed by atoms with van der Waals surface area (Å²) in [5.41, 5.74) is 0. The third-order valence-electron chi connectivity index (χ3n) is 0.879. The van der Waals surface area contributed by atoms with Crippen molar-refractivity contribution in [2.75, 3.05) is 0 Å². The van der Waals surface area contributed by atoms with Crippen molar-refractivity contribution in [1.82, 2.24) is 5.16 Å². The molecule has 0 aliphatic rings. The fourth-order valence-electron chi connectivity index (χ4n) is 0.490. The smallest absolute Gasteiger partial charge is 0.390 e. The summed E-state index contributed by atoms with van der Waals surface area (Å²) in [6.07, 6.45) is 0. The lowest BCUT2D eigenvalue weighted by Gasteiger charge is -1.83. The molecule has 1 heterocycles. The Morgan fingerprint density at radius 3 is 2.58 bits per heavy atom. The molecule has 12 heavy (non-hydrogen) atoms. The van der Waals surface area contributed by atoms with Gasteiger partial charge in [-0.25, -0.2) is 0 Å². The summed E-state index contributed by atoms with van der Waals surface area (Å²) >= 11 is 0. The Bertz CT molecular complexity index is 313. The van der Waals surface area contributed by atoms with Crippen LogP contribution in [0.2, 0.25) is 0 Å². The van der Waals surface area contributed by atoms with Gasteiger partial charge < -0.3 is 15.7 Å². The molecule has 0 atom stereocenters. The number of nitrogens with two attached hydrogens (primary N) is 2. The number of aromatic nitrogens is 2. The van der Waals surface area contributed by atoms with Crippen LogP contribution in [0.4, 0.5) is 11.6 Å². The summed E-state index contributed by atoms with van der Waals surface area (Å²) in [4.78, 5) is -0.0274. The highest BCUT2D eigenvalue weighted by atomic mass is 16.8. The molecule has 0 saturated carbocycles. The Balaban J connectivity index is 3.12. The van der Waals surface area contributed by atoms with Crippen LogP contribution >= 0.6 is 0 Å². The Morgan fingerprint density at radius 2 is 2.00 bits per heavy atom. The van der Waals surface area contributed by atoms with E-state index in [2.05, 4.69) is 36.3 Å². The largest absolute Gasteiger partial charge is 0.390 e. The summed E-state index contributed by atoms with van der Waals surface area (Å²) < 4.78 is 4.09. The second-order valence-electron chi connectivity index (χ2n) is 1.51. The van der Waals surface area contributed by atoms with Crippen LogP contribution in [0.5, 0.6) is 0 Å². The molecule has 1 aromatic rings. The van der Waals surface area contributed by atoms with Gasteiger partial charge in [0.1, 0.15) is 0 Å². The van der Waals surface area contributed by atoms with Gasteiger partial charge in [0.25, 0.3) is 0 Å². The molecule has 64 valence electrons. The van der Waals surface area contributed by atoms with E-state index in [1.54, 1.807) is 0 Å². The van der Waals surface area contributed by atoms with Gasteiger partial charge in [0.05, 0.1) is 0 Å². The second kappa shape index (κ2) is 3.23. The molecule has 0 saturated heterocycles. The van der Waals surface area contributed by atoms with Gasteiger partial charge in [-0.05, 0) is 5.16 Å². The van der Waals surface area contributed by atoms with E-state index >= 15 is 0 Å². The first-order chi connectivity index (χ1) is 5.79. The maximum atomic E-state index is 10.6. The van der Waals surface area contributed by atoms with Gasteiger partial charge in [-0.3, -0.25) is 5.84 Å². The average molecular weight is 172 g/mol. The molecular formula is C2H4N8O2. The molecule has 1 aromatic heterocycles. The van der Waals surface area contributed by atoms with E-state index in [0.717, 1.165) is 0 Å². The lowest BCUT2D eigenvalue weighted by atomic mass is 10.7. The monoisotopic (exact) mass is 172 g/mol. The van der Waals surface area contributed by atoms with E-state index in [1.165, 1.54) is 0 Å². The molecule has 4 N–H and O–H groups in total. The molecule has 0 aromatic carbocycles. The lowest BCUT2D eigenvalue weighted by molar-refractivity contribution is -0.792. The van der Waals surface area contributed by atoms with E-state index in [-0.39, 0.29) is 16.5 Å². The minimum Gasteiger partial charge on any atom is -0.390 e. The minimum atomic E-state index is -0.313. The molecule has 10 nitrogen and oxygen atoms in total. The molecule has 0 unspecified atom stereocenters. The Hall–Kier alpha value is -2.26. The van der Waals surface area contributed by atoms with Crippen molar-refractivity contribution in [1.29, 1.82) is 0 Å². The van der Waals surface area contributed by atoms with E-state index < -0.39 is 0 Å². The van der Waals surface area contributed by atoms with Crippen LogP contribution in [0.25, 0.3) is 0 Å². The number of nitrogens with zero attached hydrogens (tertiary/aromatic N) is 6. The predicted molar refractivity (Wildman–Crippen MR) is 32.9 cm³/mol. The van der Waals surface area contributed by atoms with Crippen molar-refractivity contribution in [2.45, 2.75) is 0 Å². The van der Waals surface area contributed by atoms with Crippen molar-refractivity contribution in [2.24, 2.45) is 32.4 Å². The van der Waals surface area contributed by atoms with Crippen LogP contribution in [0, 0.1) is 5.21 Å². The highest BCUT2D eigenvalue weighted by Crippen LogP contribution is 2.20. The van der Waals surface area contributed by atoms with Gasteiger partial charge in [0, 0.05) is 10.3 Å². The zero-order chi connectivity index (χ0) is 8.97. The van der Waals surface area contributed by atoms with Gasteiger partial charge in [-0.1, -0.05) is 15.2 Å². The predicted octanol–water partition coefficient (Wildman–Crippen LogP) is -0.777. The second-order valence-corrected chi connectivity index (χ2v) is 1.51. The maximum absolute atomic E-state index is 10.6. The van der Waals surface area contributed by atoms with Crippen LogP contribution in [0.3, 0.4) is 0 Å². The Morgan fingerprint density at radius 1 is 1.33 bits per heavy atom. The van der Waals surface area contributed by atoms with E-state index in [1.807, 2.05) is 0 Å². The molecule has 1 rings (SSSR count). The summed E-state index contributed by atoms with van der Waals surface area (Å²) in [6.45, 7) is 0. The van der Waals surface area contributed by atoms with Gasteiger partial charge in [-0.2, -0.15) is 0 Å². The van der Waals surface area contributed by atoms with Crippen molar-refractivity contribution >= 4 is 11.6 Å². The zero-order valence-corrected chi connectivity index (χ0v) is 5.65. The maximum Gasteiger partial charge on any atom is 0.390 e. The summed E-state index contributed by atoms with van der Waals surface area (Å²) in [7, 11) is 0. The topological polar surface area (TPSA) is 154 Å². The quantitative estimate of drug-likeness (QED) is 0.259.